The summed E-state index contributed by atoms with van der Waals surface area (Å²) in [7, 11) is 0. The molecule has 66 heavy (non-hydrogen) atoms. The van der Waals surface area contributed by atoms with E-state index in [0.717, 1.165) is 62.2 Å². The van der Waals surface area contributed by atoms with Crippen molar-refractivity contribution in [2.75, 3.05) is 9.80 Å². The van der Waals surface area contributed by atoms with Gasteiger partial charge in [-0.3, -0.25) is 0 Å². The number of fused-ring (bicyclic) bond motifs is 5. The van der Waals surface area contributed by atoms with Gasteiger partial charge in [-0.15, -0.1) is 0 Å². The van der Waals surface area contributed by atoms with Gasteiger partial charge in [0.2, 0.25) is 0 Å². The molecular formula is C62H44N2OSn. The number of rotatable bonds is 10. The molecule has 312 valence electrons. The fraction of sp³-hybridized carbons (Fsp3) is 0. The van der Waals surface area contributed by atoms with Crippen LogP contribution in [0, 0.1) is 0 Å². The summed E-state index contributed by atoms with van der Waals surface area (Å²) in [5.41, 5.74) is 13.4. The second kappa shape index (κ2) is 16.9. The summed E-state index contributed by atoms with van der Waals surface area (Å²) in [5.74, 6) is 1.01. The number of para-hydroxylation sites is 4. The number of furan rings is 1. The van der Waals surface area contributed by atoms with Crippen molar-refractivity contribution in [3.8, 4) is 33.6 Å². The molecule has 3 nitrogen and oxygen atoms in total. The molecule has 0 aliphatic carbocycles. The minimum atomic E-state index is -4.00. The topological polar surface area (TPSA) is 19.6 Å². The van der Waals surface area contributed by atoms with Crippen LogP contribution in [0.25, 0.3) is 44.5 Å². The van der Waals surface area contributed by atoms with Gasteiger partial charge >= 0.3 is 344 Å². The third-order valence-corrected chi connectivity index (χ3v) is 27.1. The second-order valence-electron chi connectivity index (χ2n) is 16.9. The van der Waals surface area contributed by atoms with Gasteiger partial charge < -0.3 is 0 Å². The Balaban J connectivity index is 0.978. The average molecular weight is 952 g/mol. The first kappa shape index (κ1) is 39.7. The zero-order chi connectivity index (χ0) is 43.9. The number of nitrogens with zero attached hydrogens (tertiary/aromatic N) is 2. The van der Waals surface area contributed by atoms with Crippen LogP contribution in [-0.4, -0.2) is 18.4 Å². The van der Waals surface area contributed by atoms with Gasteiger partial charge in [-0.1, -0.05) is 48.5 Å². The fourth-order valence-corrected chi connectivity index (χ4v) is 25.1. The van der Waals surface area contributed by atoms with E-state index in [-0.39, 0.29) is 0 Å². The van der Waals surface area contributed by atoms with E-state index in [9.17, 15) is 0 Å². The Hall–Kier alpha value is -7.86. The third kappa shape index (κ3) is 6.82. The summed E-state index contributed by atoms with van der Waals surface area (Å²) in [5, 5.41) is 1.21. The van der Waals surface area contributed by atoms with Crippen LogP contribution in [0.5, 0.6) is 0 Å². The second-order valence-corrected chi connectivity index (χ2v) is 27.4. The first-order valence-electron chi connectivity index (χ1n) is 22.6. The molecule has 0 saturated heterocycles. The average Bonchev–Trinajstić information content (AvgIpc) is 3.91. The van der Waals surface area contributed by atoms with Crippen molar-refractivity contribution in [1.82, 2.24) is 0 Å². The van der Waals surface area contributed by atoms with Crippen molar-refractivity contribution in [1.29, 1.82) is 0 Å². The molecule has 0 spiro atoms. The minimum absolute atomic E-state index is 0.923. The molecule has 4 heteroatoms. The maximum absolute atomic E-state index is 7.25. The Labute approximate surface area is 390 Å². The van der Waals surface area contributed by atoms with Crippen molar-refractivity contribution in [3.63, 3.8) is 0 Å². The van der Waals surface area contributed by atoms with Crippen LogP contribution >= 0.6 is 0 Å². The Morgan fingerprint density at radius 3 is 1.08 bits per heavy atom. The molecule has 1 aliphatic rings. The van der Waals surface area contributed by atoms with Gasteiger partial charge in [0.15, 0.2) is 0 Å². The van der Waals surface area contributed by atoms with Crippen LogP contribution in [-0.2, 0) is 0 Å². The SMILES string of the molecule is c1ccc(N(c2ccccc2)c2ccc(-c3cc[c]4c(c3)-c3oc5cc(-c6ccc(N(c7ccccc7)c7ccccc7)cc6)ccc5[c]3[Sn]4([c]3ccccc3)[c]3ccccc3)cc2)cc1. The number of hydrogen-bond donors (Lipinski definition) is 0. The van der Waals surface area contributed by atoms with Gasteiger partial charge in [-0.2, -0.15) is 0 Å². The summed E-state index contributed by atoms with van der Waals surface area (Å²) in [6.07, 6.45) is 0. The molecular weight excluding hydrogens is 907 g/mol. The number of anilines is 6. The molecule has 1 aliphatic heterocycles. The molecule has 11 aromatic rings. The first-order valence-corrected chi connectivity index (χ1v) is 28.3. The van der Waals surface area contributed by atoms with Crippen molar-refractivity contribution in [2.24, 2.45) is 0 Å². The van der Waals surface area contributed by atoms with Crippen LogP contribution in [0.15, 0.2) is 271 Å². The van der Waals surface area contributed by atoms with Crippen molar-refractivity contribution >= 4 is 77.8 Å². The molecule has 0 saturated carbocycles. The van der Waals surface area contributed by atoms with Gasteiger partial charge in [0.1, 0.15) is 0 Å². The van der Waals surface area contributed by atoms with E-state index >= 15 is 0 Å². The first-order chi connectivity index (χ1) is 32.7. The van der Waals surface area contributed by atoms with Gasteiger partial charge in [-0.25, -0.2) is 0 Å². The molecule has 0 radical (unpaired) electrons. The molecule has 0 bridgehead atoms. The van der Waals surface area contributed by atoms with E-state index in [1.165, 1.54) is 30.8 Å². The van der Waals surface area contributed by atoms with Crippen molar-refractivity contribution in [2.45, 2.75) is 0 Å². The van der Waals surface area contributed by atoms with E-state index in [1.807, 2.05) is 0 Å². The molecule has 10 aromatic carbocycles. The summed E-state index contributed by atoms with van der Waals surface area (Å²) in [4.78, 5) is 4.61. The monoisotopic (exact) mass is 952 g/mol. The van der Waals surface area contributed by atoms with E-state index in [2.05, 4.69) is 277 Å². The van der Waals surface area contributed by atoms with Gasteiger partial charge in [0.05, 0.1) is 0 Å². The van der Waals surface area contributed by atoms with Crippen LogP contribution in [0.1, 0.15) is 0 Å². The van der Waals surface area contributed by atoms with E-state index in [0.29, 0.717) is 0 Å². The molecule has 0 amide bonds. The van der Waals surface area contributed by atoms with Crippen LogP contribution in [0.3, 0.4) is 0 Å². The Kier molecular flexibility index (Phi) is 10.2. The Morgan fingerprint density at radius 1 is 0.303 bits per heavy atom. The fourth-order valence-electron chi connectivity index (χ4n) is 10.2. The van der Waals surface area contributed by atoms with E-state index in [4.69, 9.17) is 4.42 Å². The molecule has 0 fully saturated rings. The predicted molar refractivity (Wildman–Crippen MR) is 279 cm³/mol. The molecule has 0 atom stereocenters. The number of benzene rings is 10. The number of hydrogen-bond acceptors (Lipinski definition) is 3. The Morgan fingerprint density at radius 2 is 0.652 bits per heavy atom. The van der Waals surface area contributed by atoms with Crippen LogP contribution in [0.2, 0.25) is 0 Å². The molecule has 12 rings (SSSR count). The zero-order valence-corrected chi connectivity index (χ0v) is 39.1. The van der Waals surface area contributed by atoms with Gasteiger partial charge in [0.25, 0.3) is 0 Å². The summed E-state index contributed by atoms with van der Waals surface area (Å²) >= 11 is -4.00. The zero-order valence-electron chi connectivity index (χ0n) is 36.2. The Bertz CT molecular complexity index is 3310. The molecule has 0 unspecified atom stereocenters. The third-order valence-electron chi connectivity index (χ3n) is 13.1. The van der Waals surface area contributed by atoms with Crippen molar-refractivity contribution < 1.29 is 4.42 Å². The maximum atomic E-state index is 7.25. The van der Waals surface area contributed by atoms with Crippen LogP contribution in [0.4, 0.5) is 34.1 Å². The van der Waals surface area contributed by atoms with E-state index in [1.54, 1.807) is 0 Å². The summed E-state index contributed by atoms with van der Waals surface area (Å²) < 4.78 is 12.9. The van der Waals surface area contributed by atoms with Crippen LogP contribution < -0.4 is 24.1 Å². The van der Waals surface area contributed by atoms with Gasteiger partial charge in [-0.05, 0) is 0 Å². The standard InChI is InChI=1S/C50H34N2O.2C6H5.Sn/c1-5-16-43(17-6-1)51(44-18-7-2-8-19-44)47-30-26-37(27-31-47)39-14-13-15-41(34-39)50-36-42-25-24-40(35-49(42)53-50)38-28-32-48(33-29-38)52(45-20-9-3-10-21-45)46-22-11-4-12-23-46;2*1-2-4-6-5-3-1;/h1-14,16-35H;2*1-5H;. The quantitative estimate of drug-likeness (QED) is 0.127. The van der Waals surface area contributed by atoms with Crippen molar-refractivity contribution in [3.05, 3.63) is 267 Å². The molecule has 2 heterocycles. The normalized spacial score (nSPS) is 12.4. The predicted octanol–water partition coefficient (Wildman–Crippen LogP) is 14.1. The molecule has 0 N–H and O–H groups in total. The van der Waals surface area contributed by atoms with E-state index < -0.39 is 18.4 Å². The van der Waals surface area contributed by atoms with Gasteiger partial charge in [0, 0.05) is 0 Å². The molecule has 1 aromatic heterocycles. The summed E-state index contributed by atoms with van der Waals surface area (Å²) in [6, 6.07) is 96.8. The summed E-state index contributed by atoms with van der Waals surface area (Å²) in [6.45, 7) is 0.